The van der Waals surface area contributed by atoms with Crippen LogP contribution in [0.25, 0.3) is 0 Å². The maximum absolute atomic E-state index is 12.0. The number of hydrogen-bond acceptors (Lipinski definition) is 5. The van der Waals surface area contributed by atoms with E-state index in [1.807, 2.05) is 13.8 Å². The second kappa shape index (κ2) is 8.87. The summed E-state index contributed by atoms with van der Waals surface area (Å²) in [6.45, 7) is 5.49. The number of carbonyl (C=O) groups excluding carboxylic acids is 2. The lowest BCUT2D eigenvalue weighted by Gasteiger charge is -2.22. The number of methoxy groups -OCH3 is 1. The average Bonchev–Trinajstić information content (AvgIpc) is 2.58. The van der Waals surface area contributed by atoms with Gasteiger partial charge in [0.15, 0.2) is 0 Å². The quantitative estimate of drug-likeness (QED) is 0.595. The molecule has 3 unspecified atom stereocenters. The van der Waals surface area contributed by atoms with Crippen molar-refractivity contribution in [1.82, 2.24) is 5.32 Å². The number of amides is 2. The van der Waals surface area contributed by atoms with Gasteiger partial charge in [-0.1, -0.05) is 37.6 Å². The first-order chi connectivity index (χ1) is 10.9. The summed E-state index contributed by atoms with van der Waals surface area (Å²) in [7, 11) is 1.29. The van der Waals surface area contributed by atoms with E-state index in [0.717, 1.165) is 12.0 Å². The van der Waals surface area contributed by atoms with E-state index in [-0.39, 0.29) is 5.92 Å². The van der Waals surface area contributed by atoms with E-state index in [4.69, 9.17) is 4.74 Å². The lowest BCUT2D eigenvalue weighted by Crippen LogP contribution is -2.47. The van der Waals surface area contributed by atoms with Crippen LogP contribution in [0.2, 0.25) is 0 Å². The third kappa shape index (κ3) is 5.36. The highest BCUT2D eigenvalue weighted by Gasteiger charge is 2.26. The van der Waals surface area contributed by atoms with E-state index in [9.17, 15) is 14.5 Å². The van der Waals surface area contributed by atoms with Gasteiger partial charge >= 0.3 is 12.0 Å². The number of nitrogens with zero attached hydrogens (tertiary/aromatic N) is 1. The fraction of sp³-hybridized carbons (Fsp3) is 0.500. The van der Waals surface area contributed by atoms with Crippen LogP contribution in [0.15, 0.2) is 29.4 Å². The molecule has 7 nitrogen and oxygen atoms in total. The number of nitroso groups, excluding NO2 is 1. The first-order valence-electron chi connectivity index (χ1n) is 7.50. The molecule has 0 aliphatic heterocycles. The van der Waals surface area contributed by atoms with Gasteiger partial charge in [-0.25, -0.2) is 9.59 Å². The molecule has 23 heavy (non-hydrogen) atoms. The fourth-order valence-electron chi connectivity index (χ4n) is 2.01. The van der Waals surface area contributed by atoms with Crippen LogP contribution in [-0.4, -0.2) is 25.2 Å². The van der Waals surface area contributed by atoms with Crippen molar-refractivity contribution in [2.45, 2.75) is 39.3 Å². The molecular formula is C16H23N3O4. The molecule has 0 radical (unpaired) electrons. The number of benzene rings is 1. The molecule has 3 atom stereocenters. The molecule has 126 valence electrons. The lowest BCUT2D eigenvalue weighted by molar-refractivity contribution is -0.144. The molecule has 2 amide bonds. The van der Waals surface area contributed by atoms with E-state index in [2.05, 4.69) is 15.8 Å². The molecule has 1 rings (SSSR count). The van der Waals surface area contributed by atoms with Crippen molar-refractivity contribution < 1.29 is 14.3 Å². The molecule has 0 spiro atoms. The van der Waals surface area contributed by atoms with Gasteiger partial charge < -0.3 is 15.4 Å². The third-order valence-corrected chi connectivity index (χ3v) is 3.76. The minimum atomic E-state index is -0.705. The molecule has 0 aliphatic rings. The Balaban J connectivity index is 2.70. The standard InChI is InChI=1S/C16H23N3O4/c1-5-10(2)14(15(20)23-4)18-16(21)17-13-8-6-12(7-9-13)11(3)19-22/h6-11,14H,5H2,1-4H3,(H2,17,18,21). The summed E-state index contributed by atoms with van der Waals surface area (Å²) in [6, 6.07) is 5.15. The summed E-state index contributed by atoms with van der Waals surface area (Å²) in [5, 5.41) is 8.22. The molecule has 1 aromatic rings. The van der Waals surface area contributed by atoms with E-state index in [0.29, 0.717) is 5.69 Å². The van der Waals surface area contributed by atoms with Crippen LogP contribution in [-0.2, 0) is 9.53 Å². The zero-order valence-electron chi connectivity index (χ0n) is 13.8. The van der Waals surface area contributed by atoms with E-state index < -0.39 is 24.1 Å². The highest BCUT2D eigenvalue weighted by molar-refractivity contribution is 5.92. The van der Waals surface area contributed by atoms with Gasteiger partial charge in [-0.2, -0.15) is 4.91 Å². The molecule has 7 heteroatoms. The molecule has 0 bridgehead atoms. The van der Waals surface area contributed by atoms with Crippen LogP contribution in [0.4, 0.5) is 10.5 Å². The van der Waals surface area contributed by atoms with Gasteiger partial charge in [0.2, 0.25) is 0 Å². The fourth-order valence-corrected chi connectivity index (χ4v) is 2.01. The van der Waals surface area contributed by atoms with Gasteiger partial charge in [-0.15, -0.1) is 0 Å². The van der Waals surface area contributed by atoms with Crippen molar-refractivity contribution in [3.8, 4) is 0 Å². The van der Waals surface area contributed by atoms with Crippen LogP contribution in [0.1, 0.15) is 38.8 Å². The molecule has 1 aromatic carbocycles. The highest BCUT2D eigenvalue weighted by Crippen LogP contribution is 2.18. The Morgan fingerprint density at radius 3 is 2.30 bits per heavy atom. The summed E-state index contributed by atoms with van der Waals surface area (Å²) in [6.07, 6.45) is 0.728. The van der Waals surface area contributed by atoms with Crippen LogP contribution >= 0.6 is 0 Å². The summed E-state index contributed by atoms with van der Waals surface area (Å²) in [5.74, 6) is -0.522. The maximum atomic E-state index is 12.0. The predicted octanol–water partition coefficient (Wildman–Crippen LogP) is 3.22. The van der Waals surface area contributed by atoms with Gasteiger partial charge in [-0.3, -0.25) is 0 Å². The number of nitrogens with one attached hydrogen (secondary N) is 2. The second-order valence-corrected chi connectivity index (χ2v) is 5.39. The zero-order valence-corrected chi connectivity index (χ0v) is 13.8. The molecule has 0 aliphatic carbocycles. The third-order valence-electron chi connectivity index (χ3n) is 3.76. The molecule has 2 N–H and O–H groups in total. The van der Waals surface area contributed by atoms with Crippen LogP contribution in [0.3, 0.4) is 0 Å². The molecule has 0 fully saturated rings. The molecule has 0 saturated heterocycles. The van der Waals surface area contributed by atoms with E-state index in [1.165, 1.54) is 7.11 Å². The van der Waals surface area contributed by atoms with Gasteiger partial charge in [0.25, 0.3) is 0 Å². The topological polar surface area (TPSA) is 96.9 Å². The maximum Gasteiger partial charge on any atom is 0.328 e. The number of rotatable bonds is 7. The number of anilines is 1. The van der Waals surface area contributed by atoms with Crippen molar-refractivity contribution in [2.24, 2.45) is 11.1 Å². The lowest BCUT2D eigenvalue weighted by atomic mass is 9.99. The summed E-state index contributed by atoms with van der Waals surface area (Å²) < 4.78 is 4.72. The molecular weight excluding hydrogens is 298 g/mol. The molecule has 0 saturated carbocycles. The monoisotopic (exact) mass is 321 g/mol. The van der Waals surface area contributed by atoms with Gasteiger partial charge in [-0.05, 0) is 30.5 Å². The Kier molecular flexibility index (Phi) is 7.18. The Labute approximate surface area is 135 Å². The summed E-state index contributed by atoms with van der Waals surface area (Å²) >= 11 is 0. The van der Waals surface area contributed by atoms with Crippen molar-refractivity contribution in [2.75, 3.05) is 12.4 Å². The number of urea groups is 1. The molecule has 0 aromatic heterocycles. The molecule has 0 heterocycles. The van der Waals surface area contributed by atoms with Crippen molar-refractivity contribution in [1.29, 1.82) is 0 Å². The summed E-state index contributed by atoms with van der Waals surface area (Å²) in [4.78, 5) is 34.3. The Morgan fingerprint density at radius 2 is 1.83 bits per heavy atom. The van der Waals surface area contributed by atoms with Crippen LogP contribution < -0.4 is 10.6 Å². The number of ether oxygens (including phenoxy) is 1. The van der Waals surface area contributed by atoms with Crippen molar-refractivity contribution >= 4 is 17.7 Å². The minimum Gasteiger partial charge on any atom is -0.467 e. The smallest absolute Gasteiger partial charge is 0.328 e. The Bertz CT molecular complexity index is 545. The predicted molar refractivity (Wildman–Crippen MR) is 88.1 cm³/mol. The number of carbonyl (C=O) groups is 2. The Morgan fingerprint density at radius 1 is 1.22 bits per heavy atom. The first kappa shape index (κ1) is 18.6. The highest BCUT2D eigenvalue weighted by atomic mass is 16.5. The largest absolute Gasteiger partial charge is 0.467 e. The Hall–Kier alpha value is -2.44. The van der Waals surface area contributed by atoms with Crippen molar-refractivity contribution in [3.63, 3.8) is 0 Å². The normalized spacial score (nSPS) is 14.3. The number of esters is 1. The van der Waals surface area contributed by atoms with Gasteiger partial charge in [0, 0.05) is 5.69 Å². The van der Waals surface area contributed by atoms with Crippen LogP contribution in [0, 0.1) is 10.8 Å². The number of hydrogen-bond donors (Lipinski definition) is 2. The van der Waals surface area contributed by atoms with Gasteiger partial charge in [0.1, 0.15) is 12.1 Å². The van der Waals surface area contributed by atoms with Gasteiger partial charge in [0.05, 0.1) is 7.11 Å². The summed E-state index contributed by atoms with van der Waals surface area (Å²) in [5.41, 5.74) is 1.31. The van der Waals surface area contributed by atoms with Crippen LogP contribution in [0.5, 0.6) is 0 Å². The average molecular weight is 321 g/mol. The SMILES string of the molecule is CCC(C)C(NC(=O)Nc1ccc(C(C)N=O)cc1)C(=O)OC. The van der Waals surface area contributed by atoms with E-state index in [1.54, 1.807) is 31.2 Å². The first-order valence-corrected chi connectivity index (χ1v) is 7.50. The second-order valence-electron chi connectivity index (χ2n) is 5.39. The van der Waals surface area contributed by atoms with Crippen molar-refractivity contribution in [3.05, 3.63) is 34.7 Å². The zero-order chi connectivity index (χ0) is 17.4. The minimum absolute atomic E-state index is 0.0462. The van der Waals surface area contributed by atoms with E-state index >= 15 is 0 Å².